The number of benzene rings is 1. The van der Waals surface area contributed by atoms with Crippen LogP contribution in [0.4, 0.5) is 0 Å². The van der Waals surface area contributed by atoms with E-state index in [4.69, 9.17) is 9.15 Å². The Balaban J connectivity index is 2.01. The Bertz CT molecular complexity index is 535. The molecule has 1 aliphatic heterocycles. The lowest BCUT2D eigenvalue weighted by Crippen LogP contribution is -2.21. The van der Waals surface area contributed by atoms with Gasteiger partial charge < -0.3 is 14.5 Å². The van der Waals surface area contributed by atoms with Gasteiger partial charge in [0, 0.05) is 12.1 Å². The fourth-order valence-corrected chi connectivity index (χ4v) is 2.41. The number of hydrogen-bond donors (Lipinski definition) is 1. The van der Waals surface area contributed by atoms with Crippen molar-refractivity contribution in [2.24, 2.45) is 0 Å². The number of hydrogen-bond acceptors (Lipinski definition) is 4. The van der Waals surface area contributed by atoms with Crippen molar-refractivity contribution in [2.45, 2.75) is 25.3 Å². The second-order valence-electron chi connectivity index (χ2n) is 4.52. The van der Waals surface area contributed by atoms with Crippen LogP contribution in [0.15, 0.2) is 22.6 Å². The molecular formula is C13H16N2O2. The fraction of sp³-hybridized carbons (Fsp3) is 0.462. The van der Waals surface area contributed by atoms with Gasteiger partial charge in [0.15, 0.2) is 11.5 Å². The molecule has 4 heteroatoms. The van der Waals surface area contributed by atoms with Gasteiger partial charge in [0.25, 0.3) is 0 Å². The summed E-state index contributed by atoms with van der Waals surface area (Å²) in [5.74, 6) is 2.04. The summed E-state index contributed by atoms with van der Waals surface area (Å²) in [5, 5.41) is 3.41. The van der Waals surface area contributed by atoms with Gasteiger partial charge in [-0.05, 0) is 32.0 Å². The summed E-state index contributed by atoms with van der Waals surface area (Å²) in [7, 11) is 1.66. The van der Waals surface area contributed by atoms with E-state index >= 15 is 0 Å². The van der Waals surface area contributed by atoms with E-state index in [1.165, 1.54) is 0 Å². The van der Waals surface area contributed by atoms with Gasteiger partial charge in [0.2, 0.25) is 0 Å². The van der Waals surface area contributed by atoms with Crippen LogP contribution >= 0.6 is 0 Å². The minimum absolute atomic E-state index is 0.383. The van der Waals surface area contributed by atoms with E-state index in [2.05, 4.69) is 17.2 Å². The van der Waals surface area contributed by atoms with Crippen LogP contribution in [0, 0.1) is 0 Å². The Morgan fingerprint density at radius 3 is 3.06 bits per heavy atom. The van der Waals surface area contributed by atoms with Gasteiger partial charge in [-0.1, -0.05) is 0 Å². The van der Waals surface area contributed by atoms with E-state index in [0.717, 1.165) is 35.7 Å². The molecule has 1 aromatic carbocycles. The zero-order valence-corrected chi connectivity index (χ0v) is 10.1. The van der Waals surface area contributed by atoms with Gasteiger partial charge in [-0.15, -0.1) is 0 Å². The Morgan fingerprint density at radius 2 is 2.35 bits per heavy atom. The van der Waals surface area contributed by atoms with Crippen LogP contribution < -0.4 is 10.1 Å². The molecule has 0 saturated carbocycles. The number of fused-ring (bicyclic) bond motifs is 1. The van der Waals surface area contributed by atoms with Crippen molar-refractivity contribution in [3.8, 4) is 5.75 Å². The van der Waals surface area contributed by atoms with Crippen molar-refractivity contribution in [3.05, 3.63) is 24.1 Å². The maximum absolute atomic E-state index is 5.82. The molecule has 2 heterocycles. The Labute approximate surface area is 100.0 Å². The third kappa shape index (κ3) is 1.78. The summed E-state index contributed by atoms with van der Waals surface area (Å²) in [6.07, 6.45) is 1.09. The predicted molar refractivity (Wildman–Crippen MR) is 65.4 cm³/mol. The molecular weight excluding hydrogens is 216 g/mol. The Morgan fingerprint density at radius 1 is 1.47 bits per heavy atom. The molecule has 2 aromatic rings. The van der Waals surface area contributed by atoms with Gasteiger partial charge >= 0.3 is 0 Å². The molecule has 1 aromatic heterocycles. The third-order valence-corrected chi connectivity index (χ3v) is 3.45. The number of nitrogens with zero attached hydrogens (tertiary/aromatic N) is 1. The minimum Gasteiger partial charge on any atom is -0.497 e. The van der Waals surface area contributed by atoms with Crippen LogP contribution in [0.3, 0.4) is 0 Å². The first-order valence-electron chi connectivity index (χ1n) is 5.96. The van der Waals surface area contributed by atoms with E-state index < -0.39 is 0 Å². The molecule has 0 aliphatic carbocycles. The van der Waals surface area contributed by atoms with E-state index in [1.807, 2.05) is 18.2 Å². The lowest BCUT2D eigenvalue weighted by Gasteiger charge is -2.09. The second kappa shape index (κ2) is 4.04. The molecule has 0 radical (unpaired) electrons. The molecule has 4 nitrogen and oxygen atoms in total. The van der Waals surface area contributed by atoms with Gasteiger partial charge in [-0.2, -0.15) is 0 Å². The summed E-state index contributed by atoms with van der Waals surface area (Å²) in [6.45, 7) is 3.21. The number of rotatable bonds is 2. The smallest absolute Gasteiger partial charge is 0.200 e. The standard InChI is InChI=1S/C13H16N2O2/c1-8-10(5-6-14-8)13-15-11-7-9(16-2)3-4-12(11)17-13/h3-4,7-8,10,14H,5-6H2,1-2H3. The van der Waals surface area contributed by atoms with Gasteiger partial charge in [-0.3, -0.25) is 0 Å². The Hall–Kier alpha value is -1.55. The zero-order valence-electron chi connectivity index (χ0n) is 10.1. The Kier molecular flexibility index (Phi) is 2.52. The highest BCUT2D eigenvalue weighted by Crippen LogP contribution is 2.30. The highest BCUT2D eigenvalue weighted by atomic mass is 16.5. The molecule has 1 N–H and O–H groups in total. The lowest BCUT2D eigenvalue weighted by molar-refractivity contribution is 0.415. The maximum atomic E-state index is 5.82. The number of methoxy groups -OCH3 is 1. The molecule has 90 valence electrons. The summed E-state index contributed by atoms with van der Waals surface area (Å²) >= 11 is 0. The van der Waals surface area contributed by atoms with Crippen molar-refractivity contribution >= 4 is 11.1 Å². The number of oxazole rings is 1. The molecule has 17 heavy (non-hydrogen) atoms. The van der Waals surface area contributed by atoms with Crippen molar-refractivity contribution in [3.63, 3.8) is 0 Å². The van der Waals surface area contributed by atoms with Gasteiger partial charge in [0.05, 0.1) is 13.0 Å². The fourth-order valence-electron chi connectivity index (χ4n) is 2.41. The average Bonchev–Trinajstić information content (AvgIpc) is 2.93. The van der Waals surface area contributed by atoms with Crippen molar-refractivity contribution in [1.82, 2.24) is 10.3 Å². The quantitative estimate of drug-likeness (QED) is 0.863. The minimum atomic E-state index is 0.383. The molecule has 0 bridgehead atoms. The van der Waals surface area contributed by atoms with Crippen LogP contribution in [0.1, 0.15) is 25.2 Å². The van der Waals surface area contributed by atoms with Gasteiger partial charge in [-0.25, -0.2) is 4.98 Å². The molecule has 2 atom stereocenters. The third-order valence-electron chi connectivity index (χ3n) is 3.45. The number of ether oxygens (including phenoxy) is 1. The van der Waals surface area contributed by atoms with Crippen molar-refractivity contribution in [2.75, 3.05) is 13.7 Å². The van der Waals surface area contributed by atoms with Gasteiger partial charge in [0.1, 0.15) is 11.3 Å². The highest BCUT2D eigenvalue weighted by Gasteiger charge is 2.28. The summed E-state index contributed by atoms with van der Waals surface area (Å²) in [5.41, 5.74) is 1.71. The van der Waals surface area contributed by atoms with Crippen LogP contribution in [0.2, 0.25) is 0 Å². The SMILES string of the molecule is COc1ccc2oc(C3CCNC3C)nc2c1. The second-order valence-corrected chi connectivity index (χ2v) is 4.52. The molecule has 3 rings (SSSR count). The van der Waals surface area contributed by atoms with Crippen LogP contribution in [-0.4, -0.2) is 24.7 Å². The van der Waals surface area contributed by atoms with E-state index in [1.54, 1.807) is 7.11 Å². The molecule has 2 unspecified atom stereocenters. The average molecular weight is 232 g/mol. The summed E-state index contributed by atoms with van der Waals surface area (Å²) < 4.78 is 11.0. The first-order valence-corrected chi connectivity index (χ1v) is 5.96. The summed E-state index contributed by atoms with van der Waals surface area (Å²) in [6, 6.07) is 6.16. The van der Waals surface area contributed by atoms with Crippen molar-refractivity contribution in [1.29, 1.82) is 0 Å². The first kappa shape index (κ1) is 10.6. The van der Waals surface area contributed by atoms with E-state index in [-0.39, 0.29) is 0 Å². The highest BCUT2D eigenvalue weighted by molar-refractivity contribution is 5.74. The molecule has 0 spiro atoms. The lowest BCUT2D eigenvalue weighted by atomic mass is 10.0. The first-order chi connectivity index (χ1) is 8.28. The normalized spacial score (nSPS) is 24.4. The summed E-state index contributed by atoms with van der Waals surface area (Å²) in [4.78, 5) is 4.57. The monoisotopic (exact) mass is 232 g/mol. The van der Waals surface area contributed by atoms with Crippen LogP contribution in [0.25, 0.3) is 11.1 Å². The molecule has 1 aliphatic rings. The van der Waals surface area contributed by atoms with Crippen LogP contribution in [0.5, 0.6) is 5.75 Å². The van der Waals surface area contributed by atoms with E-state index in [0.29, 0.717) is 12.0 Å². The van der Waals surface area contributed by atoms with Crippen molar-refractivity contribution < 1.29 is 9.15 Å². The van der Waals surface area contributed by atoms with Crippen LogP contribution in [-0.2, 0) is 0 Å². The largest absolute Gasteiger partial charge is 0.497 e. The number of nitrogens with one attached hydrogen (secondary N) is 1. The zero-order chi connectivity index (χ0) is 11.8. The maximum Gasteiger partial charge on any atom is 0.200 e. The van der Waals surface area contributed by atoms with E-state index in [9.17, 15) is 0 Å². The number of aromatic nitrogens is 1. The topological polar surface area (TPSA) is 47.3 Å². The predicted octanol–water partition coefficient (Wildman–Crippen LogP) is 2.30. The molecule has 1 fully saturated rings. The molecule has 1 saturated heterocycles. The molecule has 0 amide bonds.